The van der Waals surface area contributed by atoms with Gasteiger partial charge in [0.1, 0.15) is 6.04 Å². The molecule has 3 fully saturated rings. The number of rotatable bonds is 4. The van der Waals surface area contributed by atoms with Gasteiger partial charge in [0.2, 0.25) is 0 Å². The molecule has 18 heavy (non-hydrogen) atoms. The molecule has 2 unspecified atom stereocenters. The van der Waals surface area contributed by atoms with E-state index in [-0.39, 0.29) is 11.6 Å². The van der Waals surface area contributed by atoms with E-state index in [1.165, 1.54) is 12.8 Å². The first-order chi connectivity index (χ1) is 8.69. The Morgan fingerprint density at radius 2 is 2.00 bits per heavy atom. The first-order valence-corrected chi connectivity index (χ1v) is 7.31. The zero-order valence-electron chi connectivity index (χ0n) is 10.9. The van der Waals surface area contributed by atoms with Crippen molar-refractivity contribution < 1.29 is 14.6 Å². The molecule has 4 nitrogen and oxygen atoms in total. The molecule has 2 saturated carbocycles. The maximum atomic E-state index is 11.3. The molecule has 3 aliphatic rings. The number of carboxylic acid groups (broad SMARTS) is 1. The molecule has 1 heterocycles. The Bertz CT molecular complexity index is 321. The van der Waals surface area contributed by atoms with E-state index in [1.807, 2.05) is 0 Å². The predicted molar refractivity (Wildman–Crippen MR) is 67.5 cm³/mol. The molecule has 0 bridgehead atoms. The van der Waals surface area contributed by atoms with E-state index in [0.717, 1.165) is 45.1 Å². The monoisotopic (exact) mass is 253 g/mol. The molecule has 0 aromatic heterocycles. The van der Waals surface area contributed by atoms with Gasteiger partial charge in [0.25, 0.3) is 0 Å². The molecule has 0 aromatic carbocycles. The fraction of sp³-hybridized carbons (Fsp3) is 0.929. The van der Waals surface area contributed by atoms with Crippen molar-refractivity contribution in [2.75, 3.05) is 6.61 Å². The number of carboxylic acids is 1. The fourth-order valence-corrected chi connectivity index (χ4v) is 3.63. The van der Waals surface area contributed by atoms with Gasteiger partial charge in [0.15, 0.2) is 0 Å². The van der Waals surface area contributed by atoms with Gasteiger partial charge in [-0.05, 0) is 44.4 Å². The lowest BCUT2D eigenvalue weighted by atomic mass is 9.88. The Morgan fingerprint density at radius 3 is 2.61 bits per heavy atom. The van der Waals surface area contributed by atoms with Gasteiger partial charge in [0.05, 0.1) is 5.60 Å². The summed E-state index contributed by atoms with van der Waals surface area (Å²) in [6, 6.07) is 0.00473. The largest absolute Gasteiger partial charge is 0.480 e. The molecular weight excluding hydrogens is 230 g/mol. The summed E-state index contributed by atoms with van der Waals surface area (Å²) in [6.45, 7) is 0.786. The second kappa shape index (κ2) is 4.82. The van der Waals surface area contributed by atoms with Gasteiger partial charge < -0.3 is 15.2 Å². The van der Waals surface area contributed by atoms with Crippen LogP contribution in [0.25, 0.3) is 0 Å². The van der Waals surface area contributed by atoms with Gasteiger partial charge >= 0.3 is 5.97 Å². The zero-order valence-corrected chi connectivity index (χ0v) is 10.9. The van der Waals surface area contributed by atoms with Gasteiger partial charge in [-0.1, -0.05) is 12.8 Å². The topological polar surface area (TPSA) is 58.6 Å². The summed E-state index contributed by atoms with van der Waals surface area (Å²) in [5, 5.41) is 12.7. The molecule has 2 aliphatic carbocycles. The summed E-state index contributed by atoms with van der Waals surface area (Å²) in [5.41, 5.74) is 0.0719. The molecule has 2 N–H and O–H groups in total. The maximum absolute atomic E-state index is 11.3. The Labute approximate surface area is 108 Å². The summed E-state index contributed by atoms with van der Waals surface area (Å²) < 4.78 is 5.99. The van der Waals surface area contributed by atoms with Crippen molar-refractivity contribution in [2.45, 2.75) is 69.1 Å². The van der Waals surface area contributed by atoms with Crippen molar-refractivity contribution in [1.29, 1.82) is 0 Å². The zero-order chi connectivity index (χ0) is 12.6. The SMILES string of the molecule is O=C(O)C(NC1CCOC2(CCCC2)C1)C1CC1. The third-order valence-electron chi connectivity index (χ3n) is 4.78. The lowest BCUT2D eigenvalue weighted by Gasteiger charge is -2.39. The molecule has 3 rings (SSSR count). The normalized spacial score (nSPS) is 32.6. The standard InChI is InChI=1S/C14H23NO3/c16-13(17)12(10-3-4-10)15-11-5-8-18-14(9-11)6-1-2-7-14/h10-12,15H,1-9H2,(H,16,17). The number of hydrogen-bond donors (Lipinski definition) is 2. The summed E-state index contributed by atoms with van der Waals surface area (Å²) >= 11 is 0. The van der Waals surface area contributed by atoms with Crippen LogP contribution in [0.4, 0.5) is 0 Å². The molecule has 1 spiro atoms. The van der Waals surface area contributed by atoms with Gasteiger partial charge in [-0.2, -0.15) is 0 Å². The predicted octanol–water partition coefficient (Wildman–Crippen LogP) is 1.93. The van der Waals surface area contributed by atoms with Crippen molar-refractivity contribution >= 4 is 5.97 Å². The highest BCUT2D eigenvalue weighted by molar-refractivity contribution is 5.74. The van der Waals surface area contributed by atoms with E-state index < -0.39 is 5.97 Å². The average molecular weight is 253 g/mol. The number of nitrogens with one attached hydrogen (secondary N) is 1. The van der Waals surface area contributed by atoms with Gasteiger partial charge in [-0.15, -0.1) is 0 Å². The number of carbonyl (C=O) groups is 1. The third-order valence-corrected chi connectivity index (χ3v) is 4.78. The second-order valence-corrected chi connectivity index (χ2v) is 6.25. The third kappa shape index (κ3) is 2.54. The fourth-order valence-electron chi connectivity index (χ4n) is 3.63. The highest BCUT2D eigenvalue weighted by atomic mass is 16.5. The Morgan fingerprint density at radius 1 is 1.28 bits per heavy atom. The number of hydrogen-bond acceptors (Lipinski definition) is 3. The van der Waals surface area contributed by atoms with E-state index >= 15 is 0 Å². The van der Waals surface area contributed by atoms with Crippen LogP contribution in [0.15, 0.2) is 0 Å². The van der Waals surface area contributed by atoms with Crippen LogP contribution in [0, 0.1) is 5.92 Å². The van der Waals surface area contributed by atoms with Crippen LogP contribution < -0.4 is 5.32 Å². The quantitative estimate of drug-likeness (QED) is 0.804. The average Bonchev–Trinajstić information content (AvgIpc) is 3.09. The van der Waals surface area contributed by atoms with E-state index in [2.05, 4.69) is 5.32 Å². The van der Waals surface area contributed by atoms with Crippen molar-refractivity contribution in [2.24, 2.45) is 5.92 Å². The van der Waals surface area contributed by atoms with Crippen molar-refractivity contribution in [1.82, 2.24) is 5.32 Å². The minimum atomic E-state index is -0.676. The van der Waals surface area contributed by atoms with Crippen LogP contribution in [0.2, 0.25) is 0 Å². The lowest BCUT2D eigenvalue weighted by Crippen LogP contribution is -2.51. The summed E-state index contributed by atoms with van der Waals surface area (Å²) in [6.07, 6.45) is 8.94. The molecule has 0 aromatic rings. The van der Waals surface area contributed by atoms with Crippen molar-refractivity contribution in [3.05, 3.63) is 0 Å². The molecular formula is C14H23NO3. The van der Waals surface area contributed by atoms with Crippen LogP contribution in [0.3, 0.4) is 0 Å². The van der Waals surface area contributed by atoms with E-state index in [9.17, 15) is 9.90 Å². The smallest absolute Gasteiger partial charge is 0.320 e. The highest BCUT2D eigenvalue weighted by Crippen LogP contribution is 2.41. The lowest BCUT2D eigenvalue weighted by molar-refractivity contribution is -0.141. The van der Waals surface area contributed by atoms with E-state index in [4.69, 9.17) is 4.74 Å². The molecule has 0 amide bonds. The summed E-state index contributed by atoms with van der Waals surface area (Å²) in [5.74, 6) is -0.311. The molecule has 1 aliphatic heterocycles. The summed E-state index contributed by atoms with van der Waals surface area (Å²) in [4.78, 5) is 11.3. The van der Waals surface area contributed by atoms with Crippen molar-refractivity contribution in [3.8, 4) is 0 Å². The maximum Gasteiger partial charge on any atom is 0.320 e. The van der Waals surface area contributed by atoms with Crippen LogP contribution in [-0.4, -0.2) is 35.4 Å². The Balaban J connectivity index is 1.59. The minimum absolute atomic E-state index is 0.0719. The minimum Gasteiger partial charge on any atom is -0.480 e. The number of aliphatic carboxylic acids is 1. The van der Waals surface area contributed by atoms with Gasteiger partial charge in [-0.25, -0.2) is 0 Å². The first-order valence-electron chi connectivity index (χ1n) is 7.31. The molecule has 2 atom stereocenters. The second-order valence-electron chi connectivity index (χ2n) is 6.25. The van der Waals surface area contributed by atoms with E-state index in [0.29, 0.717) is 12.0 Å². The molecule has 4 heteroatoms. The van der Waals surface area contributed by atoms with Crippen LogP contribution in [-0.2, 0) is 9.53 Å². The first kappa shape index (κ1) is 12.4. The van der Waals surface area contributed by atoms with Crippen LogP contribution >= 0.6 is 0 Å². The van der Waals surface area contributed by atoms with Gasteiger partial charge in [-0.3, -0.25) is 4.79 Å². The van der Waals surface area contributed by atoms with Crippen molar-refractivity contribution in [3.63, 3.8) is 0 Å². The molecule has 1 saturated heterocycles. The van der Waals surface area contributed by atoms with Crippen LogP contribution in [0.5, 0.6) is 0 Å². The summed E-state index contributed by atoms with van der Waals surface area (Å²) in [7, 11) is 0. The highest BCUT2D eigenvalue weighted by Gasteiger charge is 2.43. The Hall–Kier alpha value is -0.610. The molecule has 102 valence electrons. The van der Waals surface area contributed by atoms with Gasteiger partial charge in [0, 0.05) is 12.6 Å². The molecule has 0 radical (unpaired) electrons. The van der Waals surface area contributed by atoms with E-state index in [1.54, 1.807) is 0 Å². The number of ether oxygens (including phenoxy) is 1. The van der Waals surface area contributed by atoms with Crippen LogP contribution in [0.1, 0.15) is 51.4 Å². The Kier molecular flexibility index (Phi) is 3.32.